The topological polar surface area (TPSA) is 144 Å². The summed E-state index contributed by atoms with van der Waals surface area (Å²) in [5.74, 6) is 1.44. The fourth-order valence-electron chi connectivity index (χ4n) is 2.72. The zero-order chi connectivity index (χ0) is 24.7. The maximum Gasteiger partial charge on any atom is 0.284 e. The molecule has 3 rings (SSSR count). The Morgan fingerprint density at radius 2 is 2.21 bits per heavy atom. The first-order chi connectivity index (χ1) is 16.3. The Hall–Kier alpha value is -3.69. The highest BCUT2D eigenvalue weighted by Crippen LogP contribution is 2.34. The lowest BCUT2D eigenvalue weighted by molar-refractivity contribution is -0.384. The Balaban J connectivity index is 1.77. The molecule has 0 saturated heterocycles. The van der Waals surface area contributed by atoms with Gasteiger partial charge in [0.2, 0.25) is 10.3 Å². The van der Waals surface area contributed by atoms with Crippen molar-refractivity contribution in [2.24, 2.45) is 5.92 Å². The van der Waals surface area contributed by atoms with Gasteiger partial charge in [0.25, 0.3) is 11.6 Å². The van der Waals surface area contributed by atoms with E-state index < -0.39 is 10.8 Å². The maximum atomic E-state index is 12.5. The van der Waals surface area contributed by atoms with Gasteiger partial charge < -0.3 is 9.15 Å². The molecular formula is C22H21N5O5S2. The number of anilines is 1. The van der Waals surface area contributed by atoms with E-state index in [0.717, 1.165) is 17.3 Å². The van der Waals surface area contributed by atoms with Gasteiger partial charge in [-0.15, -0.1) is 0 Å². The van der Waals surface area contributed by atoms with Gasteiger partial charge in [0.05, 0.1) is 23.2 Å². The van der Waals surface area contributed by atoms with Crippen molar-refractivity contribution in [2.45, 2.75) is 25.9 Å². The number of aromatic nitrogens is 2. The van der Waals surface area contributed by atoms with E-state index in [1.165, 1.54) is 42.1 Å². The van der Waals surface area contributed by atoms with E-state index in [1.807, 2.05) is 6.07 Å². The summed E-state index contributed by atoms with van der Waals surface area (Å²) >= 11 is 2.51. The minimum atomic E-state index is -0.663. The van der Waals surface area contributed by atoms with E-state index in [1.54, 1.807) is 13.0 Å². The number of benzene rings is 1. The molecule has 0 spiro atoms. The lowest BCUT2D eigenvalue weighted by atomic mass is 10.1. The molecule has 0 aliphatic rings. The van der Waals surface area contributed by atoms with Gasteiger partial charge in [0.15, 0.2) is 0 Å². The van der Waals surface area contributed by atoms with Gasteiger partial charge in [-0.1, -0.05) is 25.6 Å². The van der Waals surface area contributed by atoms with Crippen LogP contribution in [0.3, 0.4) is 0 Å². The molecule has 0 atom stereocenters. The Labute approximate surface area is 204 Å². The standard InChI is InChI=1S/C22H21N5O5S2/c1-4-31-15-5-7-17(18(10-15)27(29)30)19-8-6-16(32-19)9-14(11-23)20(28)24-21-25-22(26-34-21)33-12-13(2)3/h5-10,13H,4,12H2,1-3H3,(H,24,25,26,28). The van der Waals surface area contributed by atoms with Crippen molar-refractivity contribution >= 4 is 46.1 Å². The number of rotatable bonds is 10. The molecule has 0 bridgehead atoms. The van der Waals surface area contributed by atoms with Crippen LogP contribution in [-0.4, -0.2) is 32.5 Å². The van der Waals surface area contributed by atoms with Crippen molar-refractivity contribution < 1.29 is 18.9 Å². The van der Waals surface area contributed by atoms with E-state index in [4.69, 9.17) is 9.15 Å². The number of ether oxygens (including phenoxy) is 1. The Bertz CT molecular complexity index is 1260. The summed E-state index contributed by atoms with van der Waals surface area (Å²) in [6.07, 6.45) is 1.26. The van der Waals surface area contributed by atoms with Crippen LogP contribution in [0.25, 0.3) is 17.4 Å². The third-order valence-corrected chi connectivity index (χ3v) is 6.21. The van der Waals surface area contributed by atoms with Crippen LogP contribution in [0, 0.1) is 27.4 Å². The molecular weight excluding hydrogens is 478 g/mol. The Morgan fingerprint density at radius 3 is 2.88 bits per heavy atom. The molecule has 0 aliphatic heterocycles. The van der Waals surface area contributed by atoms with E-state index in [9.17, 15) is 20.2 Å². The molecule has 0 radical (unpaired) electrons. The average molecular weight is 500 g/mol. The van der Waals surface area contributed by atoms with Crippen LogP contribution in [0.1, 0.15) is 26.5 Å². The number of nitriles is 1. The molecule has 34 heavy (non-hydrogen) atoms. The average Bonchev–Trinajstić information content (AvgIpc) is 3.45. The van der Waals surface area contributed by atoms with Crippen molar-refractivity contribution in [1.82, 2.24) is 9.36 Å². The smallest absolute Gasteiger partial charge is 0.284 e. The third-order valence-electron chi connectivity index (χ3n) is 4.19. The fraction of sp³-hybridized carbons (Fsp3) is 0.273. The van der Waals surface area contributed by atoms with Crippen molar-refractivity contribution in [3.8, 4) is 23.1 Å². The number of nitro groups is 1. The summed E-state index contributed by atoms with van der Waals surface area (Å²) in [6.45, 7) is 6.32. The zero-order valence-electron chi connectivity index (χ0n) is 18.6. The first kappa shape index (κ1) is 24.9. The molecule has 12 heteroatoms. The molecule has 0 aliphatic carbocycles. The number of carbonyl (C=O) groups is 1. The number of hydrogen-bond acceptors (Lipinski definition) is 10. The second-order valence-electron chi connectivity index (χ2n) is 7.28. The summed E-state index contributed by atoms with van der Waals surface area (Å²) in [6, 6.07) is 9.34. The van der Waals surface area contributed by atoms with Gasteiger partial charge >= 0.3 is 0 Å². The molecule has 1 amide bonds. The van der Waals surface area contributed by atoms with Crippen molar-refractivity contribution in [3.63, 3.8) is 0 Å². The molecule has 0 fully saturated rings. The van der Waals surface area contributed by atoms with Crippen LogP contribution < -0.4 is 10.1 Å². The Morgan fingerprint density at radius 1 is 1.41 bits per heavy atom. The third kappa shape index (κ3) is 6.43. The molecule has 2 aromatic heterocycles. The highest BCUT2D eigenvalue weighted by atomic mass is 32.2. The van der Waals surface area contributed by atoms with Crippen LogP contribution in [0.5, 0.6) is 5.75 Å². The van der Waals surface area contributed by atoms with Crippen LogP contribution in [0.2, 0.25) is 0 Å². The molecule has 1 N–H and O–H groups in total. The predicted octanol–water partition coefficient (Wildman–Crippen LogP) is 5.40. The quantitative estimate of drug-likeness (QED) is 0.127. The number of thioether (sulfide) groups is 1. The maximum absolute atomic E-state index is 12.5. The molecule has 2 heterocycles. The van der Waals surface area contributed by atoms with Crippen molar-refractivity contribution in [1.29, 1.82) is 5.26 Å². The lowest BCUT2D eigenvalue weighted by Crippen LogP contribution is -2.13. The van der Waals surface area contributed by atoms with Crippen molar-refractivity contribution in [3.05, 3.63) is 51.8 Å². The largest absolute Gasteiger partial charge is 0.494 e. The normalized spacial score (nSPS) is 11.3. The number of nitrogens with zero attached hydrogens (tertiary/aromatic N) is 4. The number of hydrogen-bond donors (Lipinski definition) is 1. The summed E-state index contributed by atoms with van der Waals surface area (Å²) in [5.41, 5.74) is -0.151. The molecule has 3 aromatic rings. The Kier molecular flexibility index (Phi) is 8.39. The minimum Gasteiger partial charge on any atom is -0.494 e. The molecule has 0 unspecified atom stereocenters. The molecule has 0 saturated carbocycles. The summed E-state index contributed by atoms with van der Waals surface area (Å²) < 4.78 is 15.2. The first-order valence-electron chi connectivity index (χ1n) is 10.2. The monoisotopic (exact) mass is 499 g/mol. The summed E-state index contributed by atoms with van der Waals surface area (Å²) in [7, 11) is 0. The van der Waals surface area contributed by atoms with E-state index in [0.29, 0.717) is 23.4 Å². The van der Waals surface area contributed by atoms with Gasteiger partial charge in [-0.05, 0) is 37.1 Å². The minimum absolute atomic E-state index is 0.184. The van der Waals surface area contributed by atoms with E-state index in [2.05, 4.69) is 28.5 Å². The number of nitro benzene ring substituents is 1. The molecule has 1 aromatic carbocycles. The number of furan rings is 1. The first-order valence-corrected chi connectivity index (χ1v) is 12.0. The molecule has 10 nitrogen and oxygen atoms in total. The fourth-order valence-corrected chi connectivity index (χ4v) is 4.21. The lowest BCUT2D eigenvalue weighted by Gasteiger charge is -2.05. The van der Waals surface area contributed by atoms with Gasteiger partial charge in [-0.25, -0.2) is 0 Å². The number of carbonyl (C=O) groups excluding carboxylic acids is 1. The highest BCUT2D eigenvalue weighted by molar-refractivity contribution is 7.99. The zero-order valence-corrected chi connectivity index (χ0v) is 20.2. The van der Waals surface area contributed by atoms with Gasteiger partial charge in [-0.2, -0.15) is 14.6 Å². The van der Waals surface area contributed by atoms with Crippen molar-refractivity contribution in [2.75, 3.05) is 17.7 Å². The second kappa shape index (κ2) is 11.4. The van der Waals surface area contributed by atoms with Gasteiger partial charge in [0.1, 0.15) is 28.9 Å². The highest BCUT2D eigenvalue weighted by Gasteiger charge is 2.20. The number of amides is 1. The SMILES string of the molecule is CCOc1ccc(-c2ccc(C=C(C#N)C(=O)Nc3nc(SCC(C)C)ns3)o2)c([N+](=O)[O-])c1. The van der Waals surface area contributed by atoms with Crippen LogP contribution in [-0.2, 0) is 4.79 Å². The van der Waals surface area contributed by atoms with Crippen LogP contribution >= 0.6 is 23.3 Å². The second-order valence-corrected chi connectivity index (χ2v) is 9.02. The summed E-state index contributed by atoms with van der Waals surface area (Å²) in [5, 5.41) is 24.4. The summed E-state index contributed by atoms with van der Waals surface area (Å²) in [4.78, 5) is 27.8. The molecule has 176 valence electrons. The van der Waals surface area contributed by atoms with Gasteiger partial charge in [0, 0.05) is 23.4 Å². The van der Waals surface area contributed by atoms with Crippen LogP contribution in [0.4, 0.5) is 10.8 Å². The van der Waals surface area contributed by atoms with E-state index in [-0.39, 0.29) is 33.5 Å². The van der Waals surface area contributed by atoms with E-state index >= 15 is 0 Å². The predicted molar refractivity (Wildman–Crippen MR) is 130 cm³/mol. The van der Waals surface area contributed by atoms with Crippen LogP contribution in [0.15, 0.2) is 45.5 Å². The van der Waals surface area contributed by atoms with Gasteiger partial charge in [-0.3, -0.25) is 20.2 Å². The number of nitrogens with one attached hydrogen (secondary N) is 1.